The van der Waals surface area contributed by atoms with Crippen molar-refractivity contribution in [3.05, 3.63) is 30.1 Å². The summed E-state index contributed by atoms with van der Waals surface area (Å²) < 4.78 is 0. The molecule has 88 valence electrons. The van der Waals surface area contributed by atoms with Gasteiger partial charge in [-0.2, -0.15) is 0 Å². The Hall–Kier alpha value is -1.46. The molecule has 0 amide bonds. The van der Waals surface area contributed by atoms with Gasteiger partial charge in [-0.15, -0.1) is 0 Å². The molecule has 1 unspecified atom stereocenters. The lowest BCUT2D eigenvalue weighted by Gasteiger charge is -2.15. The van der Waals surface area contributed by atoms with Gasteiger partial charge >= 0.3 is 5.97 Å². The molecule has 5 heteroatoms. The second-order valence-corrected chi connectivity index (χ2v) is 3.57. The molecule has 1 atom stereocenters. The summed E-state index contributed by atoms with van der Waals surface area (Å²) in [7, 11) is 0. The predicted molar refractivity (Wildman–Crippen MR) is 60.8 cm³/mol. The van der Waals surface area contributed by atoms with Crippen LogP contribution >= 0.6 is 0 Å². The van der Waals surface area contributed by atoms with E-state index in [0.717, 1.165) is 5.69 Å². The number of carboxylic acids is 1. The van der Waals surface area contributed by atoms with Crippen LogP contribution in [0.1, 0.15) is 18.5 Å². The van der Waals surface area contributed by atoms with Crippen LogP contribution in [0.4, 0.5) is 0 Å². The largest absolute Gasteiger partial charge is 0.481 e. The maximum atomic E-state index is 10.4. The topological polar surface area (TPSA) is 88.2 Å². The average Bonchev–Trinajstić information content (AvgIpc) is 2.30. The summed E-state index contributed by atoms with van der Waals surface area (Å²) in [6.07, 6.45) is 2.40. The molecule has 0 saturated carbocycles. The molecule has 0 aliphatic heterocycles. The number of aliphatic carboxylic acids is 1. The van der Waals surface area contributed by atoms with Crippen molar-refractivity contribution in [3.8, 4) is 0 Å². The van der Waals surface area contributed by atoms with Gasteiger partial charge in [0.05, 0.1) is 5.69 Å². The van der Waals surface area contributed by atoms with Gasteiger partial charge in [-0.05, 0) is 18.6 Å². The number of rotatable bonds is 7. The number of aromatic nitrogens is 1. The van der Waals surface area contributed by atoms with Gasteiger partial charge in [-0.25, -0.2) is 0 Å². The van der Waals surface area contributed by atoms with E-state index in [9.17, 15) is 4.79 Å². The number of hydrogen-bond acceptors (Lipinski definition) is 4. The summed E-state index contributed by atoms with van der Waals surface area (Å²) in [6.45, 7) is 1.04. The van der Waals surface area contributed by atoms with Crippen LogP contribution in [-0.4, -0.2) is 28.6 Å². The molecule has 0 saturated heterocycles. The smallest absolute Gasteiger partial charge is 0.303 e. The van der Waals surface area contributed by atoms with Gasteiger partial charge in [0.25, 0.3) is 0 Å². The Morgan fingerprint density at radius 2 is 2.38 bits per heavy atom. The highest BCUT2D eigenvalue weighted by atomic mass is 16.4. The van der Waals surface area contributed by atoms with E-state index in [4.69, 9.17) is 10.8 Å². The number of nitrogens with one attached hydrogen (secondary N) is 1. The van der Waals surface area contributed by atoms with Crippen molar-refractivity contribution in [1.29, 1.82) is 0 Å². The van der Waals surface area contributed by atoms with E-state index >= 15 is 0 Å². The Balaban J connectivity index is 2.31. The first-order chi connectivity index (χ1) is 7.72. The minimum Gasteiger partial charge on any atom is -0.481 e. The van der Waals surface area contributed by atoms with Gasteiger partial charge in [0.15, 0.2) is 0 Å². The lowest BCUT2D eigenvalue weighted by atomic mass is 10.1. The fourth-order valence-electron chi connectivity index (χ4n) is 1.35. The van der Waals surface area contributed by atoms with Crippen LogP contribution in [0, 0.1) is 0 Å². The Kier molecular flexibility index (Phi) is 5.45. The third-order valence-electron chi connectivity index (χ3n) is 2.29. The Morgan fingerprint density at radius 1 is 1.56 bits per heavy atom. The van der Waals surface area contributed by atoms with Gasteiger partial charge in [-0.1, -0.05) is 6.07 Å². The van der Waals surface area contributed by atoms with Crippen LogP contribution in [0.25, 0.3) is 0 Å². The van der Waals surface area contributed by atoms with E-state index in [2.05, 4.69) is 10.3 Å². The lowest BCUT2D eigenvalue weighted by molar-refractivity contribution is -0.137. The molecule has 5 nitrogen and oxygen atoms in total. The number of carboxylic acid groups (broad SMARTS) is 1. The Morgan fingerprint density at radius 3 is 2.94 bits per heavy atom. The highest BCUT2D eigenvalue weighted by molar-refractivity contribution is 5.66. The number of nitrogens with two attached hydrogens (primary N) is 1. The van der Waals surface area contributed by atoms with Gasteiger partial charge in [-0.3, -0.25) is 9.78 Å². The van der Waals surface area contributed by atoms with Crippen molar-refractivity contribution >= 4 is 5.97 Å². The molecular formula is C11H17N3O2. The molecular weight excluding hydrogens is 206 g/mol. The van der Waals surface area contributed by atoms with Crippen LogP contribution in [0.3, 0.4) is 0 Å². The molecule has 0 bridgehead atoms. The fraction of sp³-hybridized carbons (Fsp3) is 0.455. The Labute approximate surface area is 94.7 Å². The summed E-state index contributed by atoms with van der Waals surface area (Å²) in [4.78, 5) is 14.6. The predicted octanol–water partition coefficient (Wildman–Crippen LogP) is 0.363. The molecule has 0 fully saturated rings. The van der Waals surface area contributed by atoms with Crippen LogP contribution < -0.4 is 11.1 Å². The first kappa shape index (κ1) is 12.6. The van der Waals surface area contributed by atoms with Crippen LogP contribution in [0.5, 0.6) is 0 Å². The van der Waals surface area contributed by atoms with Crippen molar-refractivity contribution in [1.82, 2.24) is 10.3 Å². The summed E-state index contributed by atoms with van der Waals surface area (Å²) >= 11 is 0. The molecule has 1 aromatic heterocycles. The molecule has 0 radical (unpaired) electrons. The molecule has 16 heavy (non-hydrogen) atoms. The highest BCUT2D eigenvalue weighted by Crippen LogP contribution is 1.98. The molecule has 0 aliphatic rings. The van der Waals surface area contributed by atoms with Crippen molar-refractivity contribution in [3.63, 3.8) is 0 Å². The molecule has 1 heterocycles. The highest BCUT2D eigenvalue weighted by Gasteiger charge is 2.08. The second-order valence-electron chi connectivity index (χ2n) is 3.57. The number of hydrogen-bond donors (Lipinski definition) is 3. The normalized spacial score (nSPS) is 12.3. The first-order valence-electron chi connectivity index (χ1n) is 5.27. The molecule has 1 aromatic rings. The molecule has 0 aromatic carbocycles. The van der Waals surface area contributed by atoms with Gasteiger partial charge in [0, 0.05) is 31.7 Å². The minimum absolute atomic E-state index is 0.0260. The summed E-state index contributed by atoms with van der Waals surface area (Å²) in [5.41, 5.74) is 6.47. The second kappa shape index (κ2) is 6.92. The SMILES string of the molecule is NCC(CCC(=O)O)NCc1ccccn1. The van der Waals surface area contributed by atoms with E-state index in [1.807, 2.05) is 18.2 Å². The molecule has 4 N–H and O–H groups in total. The zero-order valence-electron chi connectivity index (χ0n) is 9.10. The van der Waals surface area contributed by atoms with Gasteiger partial charge in [0.2, 0.25) is 0 Å². The maximum Gasteiger partial charge on any atom is 0.303 e. The molecule has 1 rings (SSSR count). The van der Waals surface area contributed by atoms with E-state index < -0.39 is 5.97 Å². The van der Waals surface area contributed by atoms with E-state index in [1.54, 1.807) is 6.20 Å². The van der Waals surface area contributed by atoms with E-state index in [0.29, 0.717) is 19.5 Å². The zero-order valence-corrected chi connectivity index (χ0v) is 9.10. The van der Waals surface area contributed by atoms with Gasteiger partial charge < -0.3 is 16.2 Å². The lowest BCUT2D eigenvalue weighted by Crippen LogP contribution is -2.36. The van der Waals surface area contributed by atoms with E-state index in [1.165, 1.54) is 0 Å². The third-order valence-corrected chi connectivity index (χ3v) is 2.29. The molecule has 0 aliphatic carbocycles. The zero-order chi connectivity index (χ0) is 11.8. The van der Waals surface area contributed by atoms with Crippen molar-refractivity contribution in [2.45, 2.75) is 25.4 Å². The molecule has 0 spiro atoms. The number of pyridine rings is 1. The quantitative estimate of drug-likeness (QED) is 0.621. The van der Waals surface area contributed by atoms with Crippen molar-refractivity contribution in [2.24, 2.45) is 5.73 Å². The van der Waals surface area contributed by atoms with Crippen molar-refractivity contribution in [2.75, 3.05) is 6.54 Å². The first-order valence-corrected chi connectivity index (χ1v) is 5.27. The number of nitrogens with zero attached hydrogens (tertiary/aromatic N) is 1. The maximum absolute atomic E-state index is 10.4. The Bertz CT molecular complexity index is 316. The summed E-state index contributed by atoms with van der Waals surface area (Å²) in [6, 6.07) is 5.71. The summed E-state index contributed by atoms with van der Waals surface area (Å²) in [5, 5.41) is 11.8. The van der Waals surface area contributed by atoms with Crippen molar-refractivity contribution < 1.29 is 9.90 Å². The van der Waals surface area contributed by atoms with E-state index in [-0.39, 0.29) is 12.5 Å². The summed E-state index contributed by atoms with van der Waals surface area (Å²) in [5.74, 6) is -0.793. The van der Waals surface area contributed by atoms with Gasteiger partial charge in [0.1, 0.15) is 0 Å². The monoisotopic (exact) mass is 223 g/mol. The van der Waals surface area contributed by atoms with Crippen LogP contribution in [0.2, 0.25) is 0 Å². The minimum atomic E-state index is -0.793. The standard InChI is InChI=1S/C11H17N3O2/c12-7-9(4-5-11(15)16)14-8-10-3-1-2-6-13-10/h1-3,6,9,14H,4-5,7-8,12H2,(H,15,16). The fourth-order valence-corrected chi connectivity index (χ4v) is 1.35. The average molecular weight is 223 g/mol. The number of carbonyl (C=O) groups is 1. The third kappa shape index (κ3) is 4.86. The van der Waals surface area contributed by atoms with Crippen LogP contribution in [0.15, 0.2) is 24.4 Å². The van der Waals surface area contributed by atoms with Crippen LogP contribution in [-0.2, 0) is 11.3 Å².